The molecule has 2 aliphatic rings. The molecule has 0 aliphatic carbocycles. The van der Waals surface area contributed by atoms with Gasteiger partial charge in [-0.1, -0.05) is 6.92 Å². The molecule has 0 aromatic heterocycles. The van der Waals surface area contributed by atoms with E-state index in [0.717, 1.165) is 25.7 Å². The number of carbonyl (C=O) groups is 2. The van der Waals surface area contributed by atoms with Crippen LogP contribution in [0, 0.1) is 0 Å². The van der Waals surface area contributed by atoms with Gasteiger partial charge in [0.2, 0.25) is 5.91 Å². The lowest BCUT2D eigenvalue weighted by molar-refractivity contribution is -0.142. The molecule has 126 valence electrons. The van der Waals surface area contributed by atoms with E-state index in [4.69, 9.17) is 4.74 Å². The molecule has 0 spiro atoms. The number of hydrogen-bond donors (Lipinski definition) is 0. The van der Waals surface area contributed by atoms with E-state index in [9.17, 15) is 9.59 Å². The summed E-state index contributed by atoms with van der Waals surface area (Å²) in [6.07, 6.45) is 5.36. The minimum atomic E-state index is -0.472. The van der Waals surface area contributed by atoms with Gasteiger partial charge in [-0.3, -0.25) is 4.79 Å². The summed E-state index contributed by atoms with van der Waals surface area (Å²) in [5.74, 6) is 0.257. The summed E-state index contributed by atoms with van der Waals surface area (Å²) in [6, 6.07) is 0.746. The van der Waals surface area contributed by atoms with Crippen LogP contribution in [-0.2, 0) is 9.53 Å². The third-order valence-corrected chi connectivity index (χ3v) is 4.77. The summed E-state index contributed by atoms with van der Waals surface area (Å²) in [5, 5.41) is 0. The van der Waals surface area contributed by atoms with Crippen molar-refractivity contribution in [1.82, 2.24) is 9.80 Å². The molecule has 5 nitrogen and oxygen atoms in total. The molecule has 3 atom stereocenters. The fraction of sp³-hybridized carbons (Fsp3) is 0.882. The Morgan fingerprint density at radius 1 is 1.18 bits per heavy atom. The minimum Gasteiger partial charge on any atom is -0.444 e. The first kappa shape index (κ1) is 17.1. The third-order valence-electron chi connectivity index (χ3n) is 4.77. The van der Waals surface area contributed by atoms with Crippen LogP contribution in [0.15, 0.2) is 0 Å². The van der Waals surface area contributed by atoms with Crippen molar-refractivity contribution in [2.24, 2.45) is 0 Å². The van der Waals surface area contributed by atoms with Crippen molar-refractivity contribution in [2.75, 3.05) is 7.05 Å². The van der Waals surface area contributed by atoms with Gasteiger partial charge in [0.1, 0.15) is 5.60 Å². The maximum Gasteiger partial charge on any atom is 0.410 e. The van der Waals surface area contributed by atoms with E-state index in [2.05, 4.69) is 4.90 Å². The molecule has 2 fully saturated rings. The van der Waals surface area contributed by atoms with Crippen molar-refractivity contribution in [1.29, 1.82) is 0 Å². The molecule has 0 aromatic rings. The largest absolute Gasteiger partial charge is 0.444 e. The van der Waals surface area contributed by atoms with Crippen molar-refractivity contribution in [3.8, 4) is 0 Å². The smallest absolute Gasteiger partial charge is 0.410 e. The highest BCUT2D eigenvalue weighted by Crippen LogP contribution is 2.36. The zero-order chi connectivity index (χ0) is 16.5. The van der Waals surface area contributed by atoms with Crippen LogP contribution in [-0.4, -0.2) is 52.6 Å². The molecule has 2 amide bonds. The Morgan fingerprint density at radius 2 is 1.73 bits per heavy atom. The fourth-order valence-corrected chi connectivity index (χ4v) is 3.74. The highest BCUT2D eigenvalue weighted by atomic mass is 16.6. The van der Waals surface area contributed by atoms with Gasteiger partial charge in [-0.15, -0.1) is 0 Å². The minimum absolute atomic E-state index is 0.172. The van der Waals surface area contributed by atoms with Gasteiger partial charge in [0.25, 0.3) is 0 Å². The van der Waals surface area contributed by atoms with Gasteiger partial charge in [0.15, 0.2) is 0 Å². The Hall–Kier alpha value is -1.26. The molecule has 2 saturated heterocycles. The monoisotopic (exact) mass is 310 g/mol. The van der Waals surface area contributed by atoms with E-state index in [-0.39, 0.29) is 30.1 Å². The Labute approximate surface area is 134 Å². The number of nitrogens with zero attached hydrogens (tertiary/aromatic N) is 2. The van der Waals surface area contributed by atoms with Crippen molar-refractivity contribution >= 4 is 12.0 Å². The molecule has 2 bridgehead atoms. The average Bonchev–Trinajstić information content (AvgIpc) is 2.42. The van der Waals surface area contributed by atoms with Crippen molar-refractivity contribution < 1.29 is 14.3 Å². The Bertz CT molecular complexity index is 416. The Balaban J connectivity index is 2.04. The number of amides is 2. The van der Waals surface area contributed by atoms with Crippen LogP contribution in [0.2, 0.25) is 0 Å². The Morgan fingerprint density at radius 3 is 2.18 bits per heavy atom. The summed E-state index contributed by atoms with van der Waals surface area (Å²) < 4.78 is 5.48. The van der Waals surface area contributed by atoms with Gasteiger partial charge < -0.3 is 14.5 Å². The predicted molar refractivity (Wildman–Crippen MR) is 85.6 cm³/mol. The molecule has 0 unspecified atom stereocenters. The van der Waals surface area contributed by atoms with Gasteiger partial charge in [-0.2, -0.15) is 0 Å². The molecule has 5 heteroatoms. The summed E-state index contributed by atoms with van der Waals surface area (Å²) >= 11 is 0. The van der Waals surface area contributed by atoms with E-state index in [0.29, 0.717) is 6.42 Å². The maximum atomic E-state index is 12.3. The lowest BCUT2D eigenvalue weighted by Gasteiger charge is -2.50. The van der Waals surface area contributed by atoms with Gasteiger partial charge >= 0.3 is 6.09 Å². The summed E-state index contributed by atoms with van der Waals surface area (Å²) in [7, 11) is 1.83. The van der Waals surface area contributed by atoms with Crippen LogP contribution in [0.25, 0.3) is 0 Å². The molecule has 0 saturated carbocycles. The SMILES string of the molecule is CCC(=O)N1[C@@H]2CCC[C@H]1C[C@H](N(C)C(=O)OC(C)(C)C)C2. The van der Waals surface area contributed by atoms with Gasteiger partial charge in [0, 0.05) is 31.6 Å². The molecular formula is C17H30N2O3. The van der Waals surface area contributed by atoms with E-state index in [1.165, 1.54) is 6.42 Å². The molecule has 0 aromatic carbocycles. The normalized spacial score (nSPS) is 28.2. The highest BCUT2D eigenvalue weighted by Gasteiger charge is 2.42. The van der Waals surface area contributed by atoms with Crippen LogP contribution in [0.3, 0.4) is 0 Å². The maximum absolute atomic E-state index is 12.3. The average molecular weight is 310 g/mol. The van der Waals surface area contributed by atoms with E-state index >= 15 is 0 Å². The number of ether oxygens (including phenoxy) is 1. The number of hydrogen-bond acceptors (Lipinski definition) is 3. The molecule has 0 N–H and O–H groups in total. The number of piperidine rings is 2. The quantitative estimate of drug-likeness (QED) is 0.787. The number of carbonyl (C=O) groups excluding carboxylic acids is 2. The van der Waals surface area contributed by atoms with Crippen molar-refractivity contribution in [3.63, 3.8) is 0 Å². The van der Waals surface area contributed by atoms with Gasteiger partial charge in [-0.25, -0.2) is 4.79 Å². The van der Waals surface area contributed by atoms with Gasteiger partial charge in [0.05, 0.1) is 0 Å². The first-order valence-electron chi connectivity index (χ1n) is 8.50. The molecule has 22 heavy (non-hydrogen) atoms. The Kier molecular flexibility index (Phi) is 5.03. The van der Waals surface area contributed by atoms with Crippen LogP contribution in [0.1, 0.15) is 66.2 Å². The molecule has 0 radical (unpaired) electrons. The summed E-state index contributed by atoms with van der Waals surface area (Å²) in [6.45, 7) is 7.58. The second-order valence-electron chi connectivity index (χ2n) is 7.61. The molecule has 2 heterocycles. The first-order valence-corrected chi connectivity index (χ1v) is 8.50. The summed E-state index contributed by atoms with van der Waals surface area (Å²) in [5.41, 5.74) is -0.472. The predicted octanol–water partition coefficient (Wildman–Crippen LogP) is 3.18. The van der Waals surface area contributed by atoms with E-state index in [1.807, 2.05) is 34.7 Å². The third kappa shape index (κ3) is 3.73. The fourth-order valence-electron chi connectivity index (χ4n) is 3.74. The second-order valence-corrected chi connectivity index (χ2v) is 7.61. The van der Waals surface area contributed by atoms with Crippen LogP contribution < -0.4 is 0 Å². The number of fused-ring (bicyclic) bond motifs is 2. The van der Waals surface area contributed by atoms with Gasteiger partial charge in [-0.05, 0) is 52.9 Å². The van der Waals surface area contributed by atoms with E-state index in [1.54, 1.807) is 4.90 Å². The first-order chi connectivity index (χ1) is 10.2. The highest BCUT2D eigenvalue weighted by molar-refractivity contribution is 5.77. The zero-order valence-electron chi connectivity index (χ0n) is 14.6. The molecule has 2 aliphatic heterocycles. The van der Waals surface area contributed by atoms with Crippen molar-refractivity contribution in [3.05, 3.63) is 0 Å². The van der Waals surface area contributed by atoms with Crippen LogP contribution in [0.5, 0.6) is 0 Å². The van der Waals surface area contributed by atoms with Crippen LogP contribution in [0.4, 0.5) is 4.79 Å². The number of rotatable bonds is 2. The second kappa shape index (κ2) is 6.47. The molecular weight excluding hydrogens is 280 g/mol. The lowest BCUT2D eigenvalue weighted by atomic mass is 9.81. The van der Waals surface area contributed by atoms with Crippen LogP contribution >= 0.6 is 0 Å². The zero-order valence-corrected chi connectivity index (χ0v) is 14.6. The molecule has 2 rings (SSSR count). The van der Waals surface area contributed by atoms with E-state index < -0.39 is 5.60 Å². The lowest BCUT2D eigenvalue weighted by Crippen LogP contribution is -2.59. The standard InChI is InChI=1S/C17H30N2O3/c1-6-15(20)19-12-8-7-9-13(19)11-14(10-12)18(5)16(21)22-17(2,3)4/h12-14H,6-11H2,1-5H3/t12-,13+,14-. The topological polar surface area (TPSA) is 49.9 Å². The van der Waals surface area contributed by atoms with Crippen molar-refractivity contribution in [2.45, 2.75) is 89.9 Å². The summed E-state index contributed by atoms with van der Waals surface area (Å²) in [4.78, 5) is 28.3.